The minimum atomic E-state index is -0.0772. The van der Waals surface area contributed by atoms with Crippen molar-refractivity contribution in [2.24, 2.45) is 5.92 Å². The second kappa shape index (κ2) is 7.07. The van der Waals surface area contributed by atoms with Crippen LogP contribution < -0.4 is 0 Å². The van der Waals surface area contributed by atoms with E-state index in [2.05, 4.69) is 9.88 Å². The van der Waals surface area contributed by atoms with Crippen molar-refractivity contribution in [3.8, 4) is 10.8 Å². The molecule has 5 nitrogen and oxygen atoms in total. The number of likely N-dealkylation sites (tertiary alicyclic amines) is 1. The van der Waals surface area contributed by atoms with Crippen LogP contribution in [-0.4, -0.2) is 35.5 Å². The van der Waals surface area contributed by atoms with E-state index in [1.54, 1.807) is 17.6 Å². The van der Waals surface area contributed by atoms with Crippen LogP contribution in [0.3, 0.4) is 0 Å². The van der Waals surface area contributed by atoms with E-state index >= 15 is 0 Å². The number of carbonyl (C=O) groups excluding carboxylic acids is 1. The first-order chi connectivity index (χ1) is 10.8. The predicted molar refractivity (Wildman–Crippen MR) is 84.5 cm³/mol. The van der Waals surface area contributed by atoms with Crippen LogP contribution in [0, 0.1) is 5.92 Å². The summed E-state index contributed by atoms with van der Waals surface area (Å²) in [6.45, 7) is 4.73. The van der Waals surface area contributed by atoms with Crippen molar-refractivity contribution in [2.45, 2.75) is 26.3 Å². The third kappa shape index (κ3) is 3.56. The van der Waals surface area contributed by atoms with E-state index in [0.717, 1.165) is 36.5 Å². The quantitative estimate of drug-likeness (QED) is 0.792. The molecule has 118 valence electrons. The molecule has 2 aromatic heterocycles. The molecule has 1 atom stereocenters. The lowest BCUT2D eigenvalue weighted by Crippen LogP contribution is -2.39. The zero-order valence-corrected chi connectivity index (χ0v) is 13.5. The Labute approximate surface area is 133 Å². The molecule has 0 spiro atoms. The lowest BCUT2D eigenvalue weighted by atomic mass is 9.98. The first-order valence-corrected chi connectivity index (χ1v) is 8.51. The molecule has 0 aliphatic carbocycles. The van der Waals surface area contributed by atoms with E-state index in [1.165, 1.54) is 0 Å². The summed E-state index contributed by atoms with van der Waals surface area (Å²) < 4.78 is 10.7. The molecule has 2 aromatic rings. The summed E-state index contributed by atoms with van der Waals surface area (Å²) in [7, 11) is 0. The molecule has 0 bridgehead atoms. The van der Waals surface area contributed by atoms with Gasteiger partial charge >= 0.3 is 5.97 Å². The number of carbonyl (C=O) groups is 1. The van der Waals surface area contributed by atoms with Crippen LogP contribution in [0.5, 0.6) is 0 Å². The van der Waals surface area contributed by atoms with Crippen molar-refractivity contribution in [1.29, 1.82) is 0 Å². The van der Waals surface area contributed by atoms with Crippen molar-refractivity contribution in [1.82, 2.24) is 9.88 Å². The molecule has 0 amide bonds. The van der Waals surface area contributed by atoms with E-state index in [9.17, 15) is 4.79 Å². The molecule has 1 aliphatic heterocycles. The van der Waals surface area contributed by atoms with Gasteiger partial charge < -0.3 is 9.15 Å². The van der Waals surface area contributed by atoms with Gasteiger partial charge in [0.25, 0.3) is 0 Å². The van der Waals surface area contributed by atoms with Crippen LogP contribution in [0.25, 0.3) is 10.8 Å². The first-order valence-electron chi connectivity index (χ1n) is 7.63. The van der Waals surface area contributed by atoms with Crippen LogP contribution in [-0.2, 0) is 16.1 Å². The number of aromatic nitrogens is 1. The summed E-state index contributed by atoms with van der Waals surface area (Å²) in [5.74, 6) is 0.577. The fourth-order valence-corrected chi connectivity index (χ4v) is 3.43. The maximum absolute atomic E-state index is 11.9. The summed E-state index contributed by atoms with van der Waals surface area (Å²) in [6.07, 6.45) is 3.64. The fraction of sp³-hybridized carbons (Fsp3) is 0.500. The minimum Gasteiger partial charge on any atom is -0.466 e. The molecule has 3 heterocycles. The molecule has 0 saturated carbocycles. The van der Waals surface area contributed by atoms with E-state index in [4.69, 9.17) is 9.15 Å². The zero-order valence-electron chi connectivity index (χ0n) is 12.7. The molecular weight excluding hydrogens is 300 g/mol. The molecular formula is C16H20N2O3S. The molecule has 0 radical (unpaired) electrons. The third-order valence-corrected chi connectivity index (χ3v) is 4.65. The first kappa shape index (κ1) is 15.2. The van der Waals surface area contributed by atoms with Crippen molar-refractivity contribution in [3.05, 3.63) is 29.5 Å². The molecule has 0 N–H and O–H groups in total. The van der Waals surface area contributed by atoms with Gasteiger partial charge in [0.15, 0.2) is 0 Å². The molecule has 6 heteroatoms. The summed E-state index contributed by atoms with van der Waals surface area (Å²) in [4.78, 5) is 19.7. The van der Waals surface area contributed by atoms with Crippen LogP contribution in [0.4, 0.5) is 0 Å². The molecule has 3 rings (SSSR count). The lowest BCUT2D eigenvalue weighted by Gasteiger charge is -2.30. The van der Waals surface area contributed by atoms with Crippen molar-refractivity contribution >= 4 is 17.3 Å². The fourth-order valence-electron chi connectivity index (χ4n) is 2.77. The van der Waals surface area contributed by atoms with E-state index < -0.39 is 0 Å². The van der Waals surface area contributed by atoms with Crippen LogP contribution in [0.15, 0.2) is 28.2 Å². The maximum Gasteiger partial charge on any atom is 0.310 e. The zero-order chi connectivity index (χ0) is 15.4. The number of hydrogen-bond acceptors (Lipinski definition) is 6. The summed E-state index contributed by atoms with van der Waals surface area (Å²) in [5, 5.41) is 2.01. The number of ether oxygens (including phenoxy) is 1. The summed E-state index contributed by atoms with van der Waals surface area (Å²) in [5.41, 5.74) is 0.910. The predicted octanol–water partition coefficient (Wildman–Crippen LogP) is 3.18. The van der Waals surface area contributed by atoms with Crippen LogP contribution in [0.2, 0.25) is 0 Å². The van der Waals surface area contributed by atoms with Gasteiger partial charge in [0.1, 0.15) is 6.26 Å². The van der Waals surface area contributed by atoms with Gasteiger partial charge in [-0.2, -0.15) is 0 Å². The highest BCUT2D eigenvalue weighted by atomic mass is 32.1. The Balaban J connectivity index is 1.60. The number of oxazole rings is 1. The van der Waals surface area contributed by atoms with Gasteiger partial charge in [-0.3, -0.25) is 9.69 Å². The highest BCUT2D eigenvalue weighted by molar-refractivity contribution is 7.13. The molecule has 1 unspecified atom stereocenters. The highest BCUT2D eigenvalue weighted by Gasteiger charge is 2.27. The third-order valence-electron chi connectivity index (χ3n) is 3.79. The number of nitrogens with zero attached hydrogens (tertiary/aromatic N) is 2. The molecule has 1 saturated heterocycles. The number of thiophene rings is 1. The monoisotopic (exact) mass is 320 g/mol. The Morgan fingerprint density at radius 3 is 3.27 bits per heavy atom. The smallest absolute Gasteiger partial charge is 0.310 e. The molecule has 0 aromatic carbocycles. The second-order valence-electron chi connectivity index (χ2n) is 5.45. The van der Waals surface area contributed by atoms with Crippen LogP contribution >= 0.6 is 11.3 Å². The normalized spacial score (nSPS) is 19.2. The Hall–Kier alpha value is -1.66. The van der Waals surface area contributed by atoms with Gasteiger partial charge in [-0.05, 0) is 37.8 Å². The highest BCUT2D eigenvalue weighted by Crippen LogP contribution is 2.25. The van der Waals surface area contributed by atoms with Gasteiger partial charge in [-0.15, -0.1) is 11.3 Å². The van der Waals surface area contributed by atoms with Crippen LogP contribution in [0.1, 0.15) is 25.5 Å². The lowest BCUT2D eigenvalue weighted by molar-refractivity contribution is -0.150. The van der Waals surface area contributed by atoms with Gasteiger partial charge in [0.2, 0.25) is 5.89 Å². The Kier molecular flexibility index (Phi) is 4.90. The van der Waals surface area contributed by atoms with Gasteiger partial charge in [0.05, 0.1) is 23.1 Å². The molecule has 22 heavy (non-hydrogen) atoms. The van der Waals surface area contributed by atoms with Gasteiger partial charge in [-0.25, -0.2) is 4.98 Å². The number of piperidine rings is 1. The average molecular weight is 320 g/mol. The maximum atomic E-state index is 11.9. The minimum absolute atomic E-state index is 0.0163. The molecule has 1 aliphatic rings. The number of esters is 1. The van der Waals surface area contributed by atoms with Crippen molar-refractivity contribution < 1.29 is 13.9 Å². The largest absolute Gasteiger partial charge is 0.466 e. The average Bonchev–Trinajstić information content (AvgIpc) is 3.18. The number of hydrogen-bond donors (Lipinski definition) is 0. The van der Waals surface area contributed by atoms with Crippen molar-refractivity contribution in [2.75, 3.05) is 19.7 Å². The second-order valence-corrected chi connectivity index (χ2v) is 6.40. The van der Waals surface area contributed by atoms with Gasteiger partial charge in [-0.1, -0.05) is 6.07 Å². The molecule has 1 fully saturated rings. The Morgan fingerprint density at radius 2 is 2.50 bits per heavy atom. The number of rotatable bonds is 5. The van der Waals surface area contributed by atoms with E-state index in [-0.39, 0.29) is 11.9 Å². The van der Waals surface area contributed by atoms with Gasteiger partial charge in [0, 0.05) is 13.1 Å². The SMILES string of the molecule is CCOC(=O)C1CCCN(Cc2coc(-c3cccs3)n2)C1. The Morgan fingerprint density at radius 1 is 1.59 bits per heavy atom. The topological polar surface area (TPSA) is 55.6 Å². The van der Waals surface area contributed by atoms with E-state index in [1.807, 2.05) is 24.4 Å². The summed E-state index contributed by atoms with van der Waals surface area (Å²) in [6, 6.07) is 3.98. The summed E-state index contributed by atoms with van der Waals surface area (Å²) >= 11 is 1.61. The van der Waals surface area contributed by atoms with Crippen molar-refractivity contribution in [3.63, 3.8) is 0 Å². The standard InChI is InChI=1S/C16H20N2O3S/c1-2-20-16(19)12-5-3-7-18(9-12)10-13-11-21-15(17-13)14-6-4-8-22-14/h4,6,8,11-12H,2-3,5,7,9-10H2,1H3. The van der Waals surface area contributed by atoms with E-state index in [0.29, 0.717) is 19.0 Å². The Bertz CT molecular complexity index is 609.